The highest BCUT2D eigenvalue weighted by molar-refractivity contribution is 9.10. The largest absolute Gasteiger partial charge is 0.496 e. The Labute approximate surface area is 136 Å². The van der Waals surface area contributed by atoms with Gasteiger partial charge in [-0.3, -0.25) is 4.79 Å². The molecule has 0 N–H and O–H groups in total. The van der Waals surface area contributed by atoms with Crippen molar-refractivity contribution < 1.29 is 13.9 Å². The zero-order chi connectivity index (χ0) is 15.4. The number of ketones is 1. The highest BCUT2D eigenvalue weighted by Crippen LogP contribution is 2.26. The molecule has 0 radical (unpaired) electrons. The van der Waals surface area contributed by atoms with E-state index in [4.69, 9.17) is 16.3 Å². The normalized spacial score (nSPS) is 10.5. The van der Waals surface area contributed by atoms with Gasteiger partial charge in [-0.2, -0.15) is 0 Å². The maximum Gasteiger partial charge on any atom is 0.141 e. The van der Waals surface area contributed by atoms with E-state index in [0.717, 1.165) is 10.0 Å². The van der Waals surface area contributed by atoms with Crippen molar-refractivity contribution >= 4 is 33.3 Å². The maximum atomic E-state index is 13.7. The van der Waals surface area contributed by atoms with Gasteiger partial charge in [-0.1, -0.05) is 23.7 Å². The molecule has 0 bridgehead atoms. The summed E-state index contributed by atoms with van der Waals surface area (Å²) < 4.78 is 19.6. The van der Waals surface area contributed by atoms with Crippen LogP contribution in [-0.4, -0.2) is 12.9 Å². The topological polar surface area (TPSA) is 26.3 Å². The van der Waals surface area contributed by atoms with Crippen molar-refractivity contribution in [2.24, 2.45) is 0 Å². The Kier molecular flexibility index (Phi) is 5.37. The molecule has 2 aromatic rings. The third-order valence-corrected chi connectivity index (χ3v) is 4.03. The fraction of sp³-hybridized carbons (Fsp3) is 0.188. The Morgan fingerprint density at radius 2 is 2.05 bits per heavy atom. The third kappa shape index (κ3) is 4.05. The van der Waals surface area contributed by atoms with E-state index in [1.165, 1.54) is 12.1 Å². The summed E-state index contributed by atoms with van der Waals surface area (Å²) in [5.74, 6) is 0.147. The van der Waals surface area contributed by atoms with Gasteiger partial charge >= 0.3 is 0 Å². The van der Waals surface area contributed by atoms with Crippen molar-refractivity contribution in [1.82, 2.24) is 0 Å². The molecule has 0 aliphatic carbocycles. The highest BCUT2D eigenvalue weighted by atomic mass is 79.9. The van der Waals surface area contributed by atoms with E-state index in [-0.39, 0.29) is 29.2 Å². The molecule has 0 fully saturated rings. The Morgan fingerprint density at radius 1 is 1.29 bits per heavy atom. The molecule has 2 nitrogen and oxygen atoms in total. The van der Waals surface area contributed by atoms with Crippen LogP contribution >= 0.6 is 27.5 Å². The van der Waals surface area contributed by atoms with E-state index in [1.54, 1.807) is 19.2 Å². The minimum Gasteiger partial charge on any atom is -0.496 e. The van der Waals surface area contributed by atoms with Crippen LogP contribution in [-0.2, 0) is 17.6 Å². The molecule has 2 aromatic carbocycles. The lowest BCUT2D eigenvalue weighted by molar-refractivity contribution is -0.117. The second kappa shape index (κ2) is 7.05. The molecule has 0 spiro atoms. The van der Waals surface area contributed by atoms with Crippen molar-refractivity contribution in [3.63, 3.8) is 0 Å². The molecule has 0 aromatic heterocycles. The molecule has 0 aliphatic heterocycles. The fourth-order valence-corrected chi connectivity index (χ4v) is 2.83. The van der Waals surface area contributed by atoms with Gasteiger partial charge < -0.3 is 4.74 Å². The summed E-state index contributed by atoms with van der Waals surface area (Å²) in [6, 6.07) is 9.81. The van der Waals surface area contributed by atoms with Gasteiger partial charge in [-0.05, 0) is 45.8 Å². The number of hydrogen-bond donors (Lipinski definition) is 0. The van der Waals surface area contributed by atoms with Gasteiger partial charge in [0.25, 0.3) is 0 Å². The lowest BCUT2D eigenvalue weighted by Gasteiger charge is -2.07. The summed E-state index contributed by atoms with van der Waals surface area (Å²) in [6.45, 7) is 0. The Hall–Kier alpha value is -1.39. The average molecular weight is 372 g/mol. The summed E-state index contributed by atoms with van der Waals surface area (Å²) in [5, 5.41) is 0.277. The van der Waals surface area contributed by atoms with Crippen LogP contribution in [0.4, 0.5) is 4.39 Å². The molecule has 0 aliphatic rings. The van der Waals surface area contributed by atoms with Gasteiger partial charge in [-0.25, -0.2) is 4.39 Å². The lowest BCUT2D eigenvalue weighted by Crippen LogP contribution is -2.08. The molecule has 0 saturated heterocycles. The minimum atomic E-state index is -0.452. The monoisotopic (exact) mass is 370 g/mol. The second-order valence-electron chi connectivity index (χ2n) is 4.56. The van der Waals surface area contributed by atoms with Crippen LogP contribution in [0.15, 0.2) is 40.9 Å². The van der Waals surface area contributed by atoms with Crippen LogP contribution in [0.5, 0.6) is 5.75 Å². The van der Waals surface area contributed by atoms with Gasteiger partial charge in [0, 0.05) is 23.4 Å². The number of ether oxygens (including phenoxy) is 1. The van der Waals surface area contributed by atoms with Crippen molar-refractivity contribution in [1.29, 1.82) is 0 Å². The SMILES string of the molecule is COc1ccc(CC(=O)Cc2c(F)cccc2Cl)cc1Br. The Balaban J connectivity index is 2.10. The summed E-state index contributed by atoms with van der Waals surface area (Å²) in [7, 11) is 1.57. The number of benzene rings is 2. The second-order valence-corrected chi connectivity index (χ2v) is 5.82. The van der Waals surface area contributed by atoms with E-state index in [9.17, 15) is 9.18 Å². The van der Waals surface area contributed by atoms with Crippen LogP contribution in [0.25, 0.3) is 0 Å². The number of rotatable bonds is 5. The fourth-order valence-electron chi connectivity index (χ4n) is 2.01. The van der Waals surface area contributed by atoms with Gasteiger partial charge in [0.05, 0.1) is 11.6 Å². The number of Topliss-reactive ketones (excluding diaryl/α,β-unsaturated/α-hetero) is 1. The van der Waals surface area contributed by atoms with Gasteiger partial charge in [0.1, 0.15) is 17.3 Å². The zero-order valence-corrected chi connectivity index (χ0v) is 13.7. The molecule has 0 heterocycles. The van der Waals surface area contributed by atoms with Gasteiger partial charge in [-0.15, -0.1) is 0 Å². The molecule has 0 atom stereocenters. The summed E-state index contributed by atoms with van der Waals surface area (Å²) in [5.41, 5.74) is 1.08. The standard InChI is InChI=1S/C16H13BrClFO2/c1-21-16-6-5-10(8-13(16)17)7-11(20)9-12-14(18)3-2-4-15(12)19/h2-6,8H,7,9H2,1H3. The van der Waals surface area contributed by atoms with E-state index in [0.29, 0.717) is 5.75 Å². The average Bonchev–Trinajstić information content (AvgIpc) is 2.43. The summed E-state index contributed by atoms with van der Waals surface area (Å²) in [6.07, 6.45) is 0.197. The number of hydrogen-bond acceptors (Lipinski definition) is 2. The molecular weight excluding hydrogens is 359 g/mol. The summed E-state index contributed by atoms with van der Waals surface area (Å²) in [4.78, 5) is 12.1. The molecule has 0 saturated carbocycles. The molecule has 21 heavy (non-hydrogen) atoms. The molecule has 0 amide bonds. The quantitative estimate of drug-likeness (QED) is 0.767. The molecule has 110 valence electrons. The highest BCUT2D eigenvalue weighted by Gasteiger charge is 2.13. The van der Waals surface area contributed by atoms with Gasteiger partial charge in [0.15, 0.2) is 0 Å². The Bertz CT molecular complexity index is 653. The zero-order valence-electron chi connectivity index (χ0n) is 11.3. The van der Waals surface area contributed by atoms with Crippen molar-refractivity contribution in [2.75, 3.05) is 7.11 Å². The van der Waals surface area contributed by atoms with E-state index >= 15 is 0 Å². The van der Waals surface area contributed by atoms with Crippen LogP contribution in [0.3, 0.4) is 0 Å². The first-order chi connectivity index (χ1) is 10.0. The predicted molar refractivity (Wildman–Crippen MR) is 84.5 cm³/mol. The van der Waals surface area contributed by atoms with E-state index in [2.05, 4.69) is 15.9 Å². The first-order valence-electron chi connectivity index (χ1n) is 6.28. The van der Waals surface area contributed by atoms with Crippen molar-refractivity contribution in [3.8, 4) is 5.75 Å². The molecule has 2 rings (SSSR count). The van der Waals surface area contributed by atoms with Crippen LogP contribution in [0, 0.1) is 5.82 Å². The van der Waals surface area contributed by atoms with Crippen LogP contribution < -0.4 is 4.74 Å². The minimum absolute atomic E-state index is 0.0187. The van der Waals surface area contributed by atoms with Gasteiger partial charge in [0.2, 0.25) is 0 Å². The summed E-state index contributed by atoms with van der Waals surface area (Å²) >= 11 is 9.30. The van der Waals surface area contributed by atoms with Crippen molar-refractivity contribution in [2.45, 2.75) is 12.8 Å². The molecular formula is C16H13BrClFO2. The first kappa shape index (κ1) is 16.0. The Morgan fingerprint density at radius 3 is 2.67 bits per heavy atom. The van der Waals surface area contributed by atoms with Crippen LogP contribution in [0.2, 0.25) is 5.02 Å². The molecule has 5 heteroatoms. The third-order valence-electron chi connectivity index (χ3n) is 3.05. The number of methoxy groups -OCH3 is 1. The maximum absolute atomic E-state index is 13.7. The first-order valence-corrected chi connectivity index (χ1v) is 7.45. The smallest absolute Gasteiger partial charge is 0.141 e. The van der Waals surface area contributed by atoms with Crippen LogP contribution in [0.1, 0.15) is 11.1 Å². The molecule has 0 unspecified atom stereocenters. The predicted octanol–water partition coefficient (Wildman–Crippen LogP) is 4.60. The number of halogens is 3. The lowest BCUT2D eigenvalue weighted by atomic mass is 10.0. The van der Waals surface area contributed by atoms with Crippen molar-refractivity contribution in [3.05, 3.63) is 62.8 Å². The number of carbonyl (C=O) groups is 1. The van der Waals surface area contributed by atoms with E-state index < -0.39 is 5.82 Å². The number of carbonyl (C=O) groups excluding carboxylic acids is 1. The van der Waals surface area contributed by atoms with E-state index in [1.807, 2.05) is 12.1 Å².